The maximum Gasteiger partial charge on any atom is 0.188 e. The minimum Gasteiger partial charge on any atom is -0.396 e. The fourth-order valence-corrected chi connectivity index (χ4v) is 2.41. The molecule has 1 unspecified atom stereocenters. The number of hydrogen-bond acceptors (Lipinski definition) is 3. The number of aliphatic hydroxyl groups excluding tert-OH is 1. The summed E-state index contributed by atoms with van der Waals surface area (Å²) < 4.78 is 0. The van der Waals surface area contributed by atoms with Crippen molar-refractivity contribution >= 4 is 29.9 Å². The molecule has 0 aliphatic carbocycles. The van der Waals surface area contributed by atoms with Crippen molar-refractivity contribution in [3.05, 3.63) is 30.1 Å². The molecule has 1 aromatic rings. The van der Waals surface area contributed by atoms with Crippen LogP contribution < -0.4 is 11.1 Å². The zero-order valence-electron chi connectivity index (χ0n) is 14.8. The van der Waals surface area contributed by atoms with Crippen molar-refractivity contribution in [2.24, 2.45) is 16.6 Å². The molecule has 6 heteroatoms. The van der Waals surface area contributed by atoms with Crippen molar-refractivity contribution in [1.29, 1.82) is 0 Å². The standard InChI is InChI=1S/C18H32N4O.HI/c1-2-3-4-5-6-8-12-21-18(19)22-14-16(15-23)13-17-10-7-9-11-20-17;/h7,9-11,16,23H,2-6,8,12-15H2,1H3,(H3,19,21,22);1H. The molecular weight excluding hydrogens is 415 g/mol. The number of hydrogen-bond donors (Lipinski definition) is 3. The zero-order valence-corrected chi connectivity index (χ0v) is 17.1. The molecule has 24 heavy (non-hydrogen) atoms. The van der Waals surface area contributed by atoms with Crippen molar-refractivity contribution in [2.75, 3.05) is 19.7 Å². The van der Waals surface area contributed by atoms with Gasteiger partial charge in [0.15, 0.2) is 5.96 Å². The van der Waals surface area contributed by atoms with E-state index in [0.29, 0.717) is 18.9 Å². The Hall–Kier alpha value is -0.890. The summed E-state index contributed by atoms with van der Waals surface area (Å²) in [6.07, 6.45) is 10.1. The number of guanidine groups is 1. The van der Waals surface area contributed by atoms with E-state index in [0.717, 1.165) is 18.7 Å². The van der Waals surface area contributed by atoms with Gasteiger partial charge in [-0.2, -0.15) is 0 Å². The largest absolute Gasteiger partial charge is 0.396 e. The van der Waals surface area contributed by atoms with Crippen LogP contribution in [0.1, 0.15) is 51.1 Å². The van der Waals surface area contributed by atoms with Crippen molar-refractivity contribution in [3.63, 3.8) is 0 Å². The predicted molar refractivity (Wildman–Crippen MR) is 112 cm³/mol. The van der Waals surface area contributed by atoms with Crippen molar-refractivity contribution in [1.82, 2.24) is 10.3 Å². The fraction of sp³-hybridized carbons (Fsp3) is 0.667. The first-order valence-electron chi connectivity index (χ1n) is 8.80. The molecule has 0 bridgehead atoms. The Morgan fingerprint density at radius 2 is 2.00 bits per heavy atom. The number of aliphatic imine (C=N–C) groups is 1. The van der Waals surface area contributed by atoms with Gasteiger partial charge in [0.25, 0.3) is 0 Å². The summed E-state index contributed by atoms with van der Waals surface area (Å²) in [6.45, 7) is 3.70. The highest BCUT2D eigenvalue weighted by Gasteiger charge is 2.09. The molecule has 0 aliphatic rings. The first-order chi connectivity index (χ1) is 11.3. The molecule has 1 atom stereocenters. The molecular formula is C18H33IN4O. The van der Waals surface area contributed by atoms with Gasteiger partial charge in [-0.15, -0.1) is 24.0 Å². The molecule has 0 saturated carbocycles. The highest BCUT2D eigenvalue weighted by Crippen LogP contribution is 2.06. The summed E-state index contributed by atoms with van der Waals surface area (Å²) >= 11 is 0. The van der Waals surface area contributed by atoms with Crippen LogP contribution in [0.2, 0.25) is 0 Å². The molecule has 0 amide bonds. The molecule has 0 saturated heterocycles. The summed E-state index contributed by atoms with van der Waals surface area (Å²) in [7, 11) is 0. The van der Waals surface area contributed by atoms with Crippen LogP contribution in [0.4, 0.5) is 0 Å². The van der Waals surface area contributed by atoms with Gasteiger partial charge in [-0.1, -0.05) is 45.1 Å². The van der Waals surface area contributed by atoms with Gasteiger partial charge in [-0.05, 0) is 25.0 Å². The van der Waals surface area contributed by atoms with Gasteiger partial charge >= 0.3 is 0 Å². The van der Waals surface area contributed by atoms with Gasteiger partial charge in [0, 0.05) is 37.5 Å². The second-order valence-electron chi connectivity index (χ2n) is 5.99. The first-order valence-corrected chi connectivity index (χ1v) is 8.80. The van der Waals surface area contributed by atoms with E-state index in [1.807, 2.05) is 18.2 Å². The molecule has 5 nitrogen and oxygen atoms in total. The lowest BCUT2D eigenvalue weighted by Crippen LogP contribution is -2.33. The van der Waals surface area contributed by atoms with Gasteiger partial charge in [0.2, 0.25) is 0 Å². The number of pyridine rings is 1. The number of nitrogens with one attached hydrogen (secondary N) is 1. The third-order valence-electron chi connectivity index (χ3n) is 3.84. The molecule has 1 aromatic heterocycles. The average Bonchev–Trinajstić information content (AvgIpc) is 2.58. The highest BCUT2D eigenvalue weighted by atomic mass is 127. The zero-order chi connectivity index (χ0) is 16.8. The van der Waals surface area contributed by atoms with Crippen LogP contribution in [-0.4, -0.2) is 35.7 Å². The average molecular weight is 448 g/mol. The Balaban J connectivity index is 0.00000529. The molecule has 0 aromatic carbocycles. The lowest BCUT2D eigenvalue weighted by molar-refractivity contribution is 0.229. The third-order valence-corrected chi connectivity index (χ3v) is 3.84. The molecule has 1 heterocycles. The van der Waals surface area contributed by atoms with Crippen LogP contribution in [0.3, 0.4) is 0 Å². The second kappa shape index (κ2) is 15.6. The number of nitrogens with two attached hydrogens (primary N) is 1. The normalized spacial score (nSPS) is 12.5. The SMILES string of the molecule is CCCCCCCCNC(N)=NCC(CO)Cc1ccccn1.I. The van der Waals surface area contributed by atoms with Crippen molar-refractivity contribution < 1.29 is 5.11 Å². The van der Waals surface area contributed by atoms with Gasteiger partial charge < -0.3 is 16.2 Å². The summed E-state index contributed by atoms with van der Waals surface area (Å²) in [5.41, 5.74) is 6.85. The predicted octanol–water partition coefficient (Wildman–Crippen LogP) is 3.12. The Morgan fingerprint density at radius 3 is 2.67 bits per heavy atom. The van der Waals surface area contributed by atoms with Crippen LogP contribution in [0.5, 0.6) is 0 Å². The smallest absolute Gasteiger partial charge is 0.188 e. The van der Waals surface area contributed by atoms with E-state index in [4.69, 9.17) is 5.73 Å². The lowest BCUT2D eigenvalue weighted by Gasteiger charge is -2.12. The third kappa shape index (κ3) is 11.6. The van der Waals surface area contributed by atoms with E-state index in [9.17, 15) is 5.11 Å². The van der Waals surface area contributed by atoms with Gasteiger partial charge in [-0.3, -0.25) is 9.98 Å². The van der Waals surface area contributed by atoms with Crippen LogP contribution in [-0.2, 0) is 6.42 Å². The first kappa shape index (κ1) is 23.1. The minimum atomic E-state index is 0. The van der Waals surface area contributed by atoms with E-state index in [-0.39, 0.29) is 36.5 Å². The van der Waals surface area contributed by atoms with E-state index >= 15 is 0 Å². The Labute approximate surface area is 163 Å². The minimum absolute atomic E-state index is 0. The molecule has 0 aliphatic heterocycles. The summed E-state index contributed by atoms with van der Waals surface area (Å²) in [5.74, 6) is 0.525. The quantitative estimate of drug-likeness (QED) is 0.199. The molecule has 0 fully saturated rings. The van der Waals surface area contributed by atoms with E-state index in [2.05, 4.69) is 22.2 Å². The summed E-state index contributed by atoms with van der Waals surface area (Å²) in [5, 5.41) is 12.6. The molecule has 4 N–H and O–H groups in total. The topological polar surface area (TPSA) is 83.5 Å². The van der Waals surface area contributed by atoms with Crippen LogP contribution in [0.25, 0.3) is 0 Å². The highest BCUT2D eigenvalue weighted by molar-refractivity contribution is 14.0. The number of halogens is 1. The van der Waals surface area contributed by atoms with Crippen LogP contribution in [0, 0.1) is 5.92 Å². The number of nitrogens with zero attached hydrogens (tertiary/aromatic N) is 2. The summed E-state index contributed by atoms with van der Waals surface area (Å²) in [6, 6.07) is 5.81. The summed E-state index contributed by atoms with van der Waals surface area (Å²) in [4.78, 5) is 8.61. The van der Waals surface area contributed by atoms with Gasteiger partial charge in [-0.25, -0.2) is 0 Å². The van der Waals surface area contributed by atoms with E-state index in [1.54, 1.807) is 6.20 Å². The van der Waals surface area contributed by atoms with Crippen molar-refractivity contribution in [2.45, 2.75) is 51.9 Å². The monoisotopic (exact) mass is 448 g/mol. The lowest BCUT2D eigenvalue weighted by atomic mass is 10.0. The molecule has 0 spiro atoms. The van der Waals surface area contributed by atoms with Crippen molar-refractivity contribution in [3.8, 4) is 0 Å². The Kier molecular flexibility index (Phi) is 15.0. The fourth-order valence-electron chi connectivity index (χ4n) is 2.41. The van der Waals surface area contributed by atoms with E-state index in [1.165, 1.54) is 32.1 Å². The Bertz CT molecular complexity index is 428. The Morgan fingerprint density at radius 1 is 1.25 bits per heavy atom. The second-order valence-corrected chi connectivity index (χ2v) is 5.99. The number of rotatable bonds is 12. The van der Waals surface area contributed by atoms with Crippen LogP contribution in [0.15, 0.2) is 29.4 Å². The van der Waals surface area contributed by atoms with E-state index < -0.39 is 0 Å². The molecule has 0 radical (unpaired) electrons. The molecule has 138 valence electrons. The van der Waals surface area contributed by atoms with Gasteiger partial charge in [0.05, 0.1) is 0 Å². The molecule has 1 rings (SSSR count). The number of aliphatic hydroxyl groups is 1. The maximum atomic E-state index is 9.46. The number of unbranched alkanes of at least 4 members (excludes halogenated alkanes) is 5. The number of aromatic nitrogens is 1. The van der Waals surface area contributed by atoms with Crippen LogP contribution >= 0.6 is 24.0 Å². The maximum absolute atomic E-state index is 9.46. The van der Waals surface area contributed by atoms with Gasteiger partial charge in [0.1, 0.15) is 0 Å².